The van der Waals surface area contributed by atoms with Gasteiger partial charge in [0.05, 0.1) is 11.2 Å². The Labute approximate surface area is 148 Å². The van der Waals surface area contributed by atoms with E-state index < -0.39 is 23.1 Å². The zero-order valence-electron chi connectivity index (χ0n) is 13.6. The molecule has 1 atom stereocenters. The van der Waals surface area contributed by atoms with Crippen LogP contribution in [0.15, 0.2) is 47.5 Å². The second kappa shape index (κ2) is 6.84. The van der Waals surface area contributed by atoms with Crippen LogP contribution in [0.2, 0.25) is 0 Å². The van der Waals surface area contributed by atoms with Crippen LogP contribution in [-0.4, -0.2) is 16.8 Å². The molecule has 1 heterocycles. The number of halogens is 2. The van der Waals surface area contributed by atoms with E-state index >= 15 is 0 Å². The van der Waals surface area contributed by atoms with Crippen molar-refractivity contribution in [3.63, 3.8) is 0 Å². The number of hydrogen-bond acceptors (Lipinski definition) is 4. The molecular formula is C18H17F2N3OS. The van der Waals surface area contributed by atoms with Crippen LogP contribution < -0.4 is 11.1 Å². The van der Waals surface area contributed by atoms with Crippen LogP contribution in [0.1, 0.15) is 29.3 Å². The first-order chi connectivity index (χ1) is 11.9. The predicted octanol–water partition coefficient (Wildman–Crippen LogP) is 3.88. The summed E-state index contributed by atoms with van der Waals surface area (Å²) >= 11 is 1.48. The Morgan fingerprint density at radius 2 is 2.08 bits per heavy atom. The van der Waals surface area contributed by atoms with Crippen LogP contribution in [0.5, 0.6) is 0 Å². The quantitative estimate of drug-likeness (QED) is 0.872. The van der Waals surface area contributed by atoms with E-state index in [-0.39, 0.29) is 11.3 Å². The first kappa shape index (κ1) is 17.4. The summed E-state index contributed by atoms with van der Waals surface area (Å²) in [7, 11) is 0. The van der Waals surface area contributed by atoms with Crippen LogP contribution >= 0.6 is 11.8 Å². The van der Waals surface area contributed by atoms with Gasteiger partial charge < -0.3 is 11.1 Å². The molecule has 7 heteroatoms. The highest BCUT2D eigenvalue weighted by atomic mass is 32.2. The maximum Gasteiger partial charge on any atom is 0.255 e. The third-order valence-corrected chi connectivity index (χ3v) is 4.91. The third-order valence-electron chi connectivity index (χ3n) is 4.12. The minimum atomic E-state index is -0.581. The number of thioether (sulfide) groups is 1. The number of amidine groups is 1. The molecule has 1 unspecified atom stereocenters. The summed E-state index contributed by atoms with van der Waals surface area (Å²) < 4.78 is 27.4. The lowest BCUT2D eigenvalue weighted by Crippen LogP contribution is -2.29. The molecule has 130 valence electrons. The van der Waals surface area contributed by atoms with Gasteiger partial charge in [-0.3, -0.25) is 9.79 Å². The first-order valence-corrected chi connectivity index (χ1v) is 8.71. The second-order valence-corrected chi connectivity index (χ2v) is 7.10. The minimum Gasteiger partial charge on any atom is -0.379 e. The smallest absolute Gasteiger partial charge is 0.255 e. The van der Waals surface area contributed by atoms with E-state index in [2.05, 4.69) is 10.3 Å². The third kappa shape index (κ3) is 3.82. The lowest BCUT2D eigenvalue weighted by molar-refractivity contribution is 0.102. The summed E-state index contributed by atoms with van der Waals surface area (Å²) in [6.07, 6.45) is 0.751. The highest BCUT2D eigenvalue weighted by molar-refractivity contribution is 8.13. The lowest BCUT2D eigenvalue weighted by atomic mass is 9.89. The summed E-state index contributed by atoms with van der Waals surface area (Å²) in [6, 6.07) is 9.71. The van der Waals surface area contributed by atoms with E-state index in [4.69, 9.17) is 5.73 Å². The lowest BCUT2D eigenvalue weighted by Gasteiger charge is -2.30. The Balaban J connectivity index is 1.90. The number of amides is 1. The van der Waals surface area contributed by atoms with Crippen LogP contribution in [0.25, 0.3) is 0 Å². The standard InChI is InChI=1S/C18H17F2N3OS/c1-18(7-8-25-17(21)23-18)12-5-6-14(20)15(10-12)22-16(24)11-3-2-4-13(19)9-11/h2-6,9-10H,7-8H2,1H3,(H2,21,23)(H,22,24). The van der Waals surface area contributed by atoms with E-state index in [1.807, 2.05) is 6.92 Å². The van der Waals surface area contributed by atoms with Crippen molar-refractivity contribution >= 4 is 28.5 Å². The minimum absolute atomic E-state index is 0.0278. The number of carbonyl (C=O) groups excluding carboxylic acids is 1. The molecule has 0 aliphatic carbocycles. The van der Waals surface area contributed by atoms with Gasteiger partial charge in [-0.05, 0) is 49.2 Å². The number of aliphatic imine (C=N–C) groups is 1. The molecule has 1 aliphatic heterocycles. The highest BCUT2D eigenvalue weighted by Crippen LogP contribution is 2.36. The molecule has 1 amide bonds. The van der Waals surface area contributed by atoms with Crippen molar-refractivity contribution in [1.82, 2.24) is 0 Å². The molecule has 0 saturated heterocycles. The van der Waals surface area contributed by atoms with Crippen molar-refractivity contribution in [2.75, 3.05) is 11.1 Å². The Morgan fingerprint density at radius 3 is 2.80 bits per heavy atom. The number of carbonyl (C=O) groups is 1. The average Bonchev–Trinajstić information content (AvgIpc) is 2.56. The molecule has 0 aromatic heterocycles. The summed E-state index contributed by atoms with van der Waals surface area (Å²) in [4.78, 5) is 16.7. The number of hydrogen-bond donors (Lipinski definition) is 2. The zero-order valence-corrected chi connectivity index (χ0v) is 14.4. The Morgan fingerprint density at radius 1 is 1.28 bits per heavy atom. The fraction of sp³-hybridized carbons (Fsp3) is 0.222. The largest absolute Gasteiger partial charge is 0.379 e. The molecule has 2 aromatic rings. The molecule has 0 saturated carbocycles. The summed E-state index contributed by atoms with van der Waals surface area (Å²) in [5, 5.41) is 2.99. The van der Waals surface area contributed by atoms with E-state index in [0.29, 0.717) is 5.17 Å². The number of nitrogens with two attached hydrogens (primary N) is 1. The number of nitrogens with one attached hydrogen (secondary N) is 1. The van der Waals surface area contributed by atoms with Gasteiger partial charge in [-0.2, -0.15) is 0 Å². The Bertz CT molecular complexity index is 856. The van der Waals surface area contributed by atoms with E-state index in [1.54, 1.807) is 12.1 Å². The summed E-state index contributed by atoms with van der Waals surface area (Å²) in [6.45, 7) is 1.92. The van der Waals surface area contributed by atoms with Gasteiger partial charge in [0.25, 0.3) is 5.91 Å². The molecule has 3 rings (SSSR count). The number of rotatable bonds is 3. The average molecular weight is 361 g/mol. The fourth-order valence-electron chi connectivity index (χ4n) is 2.67. The van der Waals surface area contributed by atoms with Gasteiger partial charge in [0, 0.05) is 11.3 Å². The van der Waals surface area contributed by atoms with E-state index in [9.17, 15) is 13.6 Å². The molecule has 0 bridgehead atoms. The van der Waals surface area contributed by atoms with Crippen molar-refractivity contribution in [2.24, 2.45) is 10.7 Å². The molecule has 1 aliphatic rings. The Kier molecular flexibility index (Phi) is 4.76. The Hall–Kier alpha value is -2.41. The SMILES string of the molecule is CC1(c2ccc(F)c(NC(=O)c3cccc(F)c3)c2)CCSC(N)=N1. The molecule has 25 heavy (non-hydrogen) atoms. The molecule has 2 aromatic carbocycles. The summed E-state index contributed by atoms with van der Waals surface area (Å²) in [5.41, 5.74) is 6.15. The van der Waals surface area contributed by atoms with Crippen molar-refractivity contribution in [2.45, 2.75) is 18.9 Å². The van der Waals surface area contributed by atoms with Crippen molar-refractivity contribution in [1.29, 1.82) is 0 Å². The van der Waals surface area contributed by atoms with Crippen molar-refractivity contribution < 1.29 is 13.6 Å². The topological polar surface area (TPSA) is 67.5 Å². The van der Waals surface area contributed by atoms with E-state index in [1.165, 1.54) is 36.0 Å². The molecule has 0 fully saturated rings. The molecule has 4 nitrogen and oxygen atoms in total. The van der Waals surface area contributed by atoms with Gasteiger partial charge in [-0.25, -0.2) is 8.78 Å². The van der Waals surface area contributed by atoms with Gasteiger partial charge >= 0.3 is 0 Å². The molecule has 0 spiro atoms. The predicted molar refractivity (Wildman–Crippen MR) is 96.8 cm³/mol. The normalized spacial score (nSPS) is 20.0. The van der Waals surface area contributed by atoms with E-state index in [0.717, 1.165) is 23.8 Å². The maximum atomic E-state index is 14.1. The van der Waals surface area contributed by atoms with Gasteiger partial charge in [-0.1, -0.05) is 23.9 Å². The number of anilines is 1. The molecule has 0 radical (unpaired) electrons. The molecular weight excluding hydrogens is 344 g/mol. The second-order valence-electron chi connectivity index (χ2n) is 5.98. The van der Waals surface area contributed by atoms with Crippen LogP contribution in [-0.2, 0) is 5.54 Å². The number of nitrogens with zero attached hydrogens (tertiary/aromatic N) is 1. The van der Waals surface area contributed by atoms with Gasteiger partial charge in [0.1, 0.15) is 11.6 Å². The highest BCUT2D eigenvalue weighted by Gasteiger charge is 2.30. The number of benzene rings is 2. The van der Waals surface area contributed by atoms with Crippen molar-refractivity contribution in [3.05, 3.63) is 65.2 Å². The van der Waals surface area contributed by atoms with Crippen LogP contribution in [0, 0.1) is 11.6 Å². The first-order valence-electron chi connectivity index (χ1n) is 7.72. The van der Waals surface area contributed by atoms with Crippen LogP contribution in [0.3, 0.4) is 0 Å². The van der Waals surface area contributed by atoms with Gasteiger partial charge in [0.2, 0.25) is 0 Å². The zero-order chi connectivity index (χ0) is 18.0. The monoisotopic (exact) mass is 361 g/mol. The maximum absolute atomic E-state index is 14.1. The summed E-state index contributed by atoms with van der Waals surface area (Å²) in [5.74, 6) is -0.866. The van der Waals surface area contributed by atoms with Crippen LogP contribution in [0.4, 0.5) is 14.5 Å². The fourth-order valence-corrected chi connectivity index (χ4v) is 3.65. The van der Waals surface area contributed by atoms with Crippen molar-refractivity contribution in [3.8, 4) is 0 Å². The van der Waals surface area contributed by atoms with Gasteiger partial charge in [-0.15, -0.1) is 0 Å². The van der Waals surface area contributed by atoms with Gasteiger partial charge in [0.15, 0.2) is 5.17 Å². The molecule has 3 N–H and O–H groups in total.